The van der Waals surface area contributed by atoms with Gasteiger partial charge in [-0.15, -0.1) is 0 Å². The van der Waals surface area contributed by atoms with Gasteiger partial charge in [0.2, 0.25) is 0 Å². The van der Waals surface area contributed by atoms with Gasteiger partial charge in [-0.1, -0.05) is 12.1 Å². The highest BCUT2D eigenvalue weighted by Gasteiger charge is 2.31. The summed E-state index contributed by atoms with van der Waals surface area (Å²) in [5.74, 6) is 0.161. The number of alkyl halides is 3. The molecule has 0 bridgehead atoms. The summed E-state index contributed by atoms with van der Waals surface area (Å²) in [6.07, 6.45) is -2.90. The number of hydrogen-bond acceptors (Lipinski definition) is 5. The van der Waals surface area contributed by atoms with E-state index in [9.17, 15) is 22.8 Å². The van der Waals surface area contributed by atoms with Crippen LogP contribution in [0.4, 0.5) is 23.7 Å². The van der Waals surface area contributed by atoms with E-state index in [4.69, 9.17) is 10.5 Å². The molecule has 0 aromatic heterocycles. The number of amides is 1. The van der Waals surface area contributed by atoms with E-state index >= 15 is 0 Å². The molecule has 30 heavy (non-hydrogen) atoms. The van der Waals surface area contributed by atoms with Crippen LogP contribution in [0.5, 0.6) is 0 Å². The maximum atomic E-state index is 12.6. The first-order chi connectivity index (χ1) is 13.9. The molecule has 1 heterocycles. The molecule has 9 heteroatoms. The van der Waals surface area contributed by atoms with Gasteiger partial charge >= 0.3 is 12.3 Å². The number of ether oxygens (including phenoxy) is 1. The second kappa shape index (κ2) is 9.32. The van der Waals surface area contributed by atoms with Gasteiger partial charge in [0.25, 0.3) is 0 Å². The van der Waals surface area contributed by atoms with Crippen LogP contribution in [0.25, 0.3) is 0 Å². The van der Waals surface area contributed by atoms with Crippen molar-refractivity contribution in [3.63, 3.8) is 0 Å². The first-order valence-corrected chi connectivity index (χ1v) is 9.55. The van der Waals surface area contributed by atoms with E-state index in [1.54, 1.807) is 23.1 Å². The Hall–Kier alpha value is -2.84. The number of benzene rings is 1. The van der Waals surface area contributed by atoms with Gasteiger partial charge in [-0.3, -0.25) is 4.79 Å². The molecule has 2 rings (SSSR count). The van der Waals surface area contributed by atoms with Gasteiger partial charge < -0.3 is 15.4 Å². The molecule has 1 fully saturated rings. The van der Waals surface area contributed by atoms with Crippen molar-refractivity contribution in [3.05, 3.63) is 41.6 Å². The van der Waals surface area contributed by atoms with Crippen LogP contribution in [0.3, 0.4) is 0 Å². The summed E-state index contributed by atoms with van der Waals surface area (Å²) >= 11 is 0. The summed E-state index contributed by atoms with van der Waals surface area (Å²) in [5, 5.41) is 0. The van der Waals surface area contributed by atoms with E-state index < -0.39 is 23.2 Å². The number of likely N-dealkylation sites (tertiary alicyclic amines) is 1. The van der Waals surface area contributed by atoms with Gasteiger partial charge in [0.15, 0.2) is 6.29 Å². The molecular formula is C21H26F3N3O3. The lowest BCUT2D eigenvalue weighted by atomic mass is 9.89. The van der Waals surface area contributed by atoms with Crippen LogP contribution in [-0.4, -0.2) is 47.9 Å². The molecule has 0 aliphatic carbocycles. The van der Waals surface area contributed by atoms with Crippen molar-refractivity contribution < 1.29 is 27.5 Å². The molecule has 0 saturated carbocycles. The second-order valence-corrected chi connectivity index (χ2v) is 8.09. The lowest BCUT2D eigenvalue weighted by molar-refractivity contribution is -0.102. The molecule has 2 N–H and O–H groups in total. The van der Waals surface area contributed by atoms with E-state index in [2.05, 4.69) is 4.99 Å². The number of nitrogens with zero attached hydrogens (tertiary/aromatic N) is 2. The summed E-state index contributed by atoms with van der Waals surface area (Å²) in [4.78, 5) is 28.9. The zero-order chi connectivity index (χ0) is 22.5. The van der Waals surface area contributed by atoms with Crippen LogP contribution in [0.2, 0.25) is 0 Å². The molecule has 1 aliphatic heterocycles. The van der Waals surface area contributed by atoms with Gasteiger partial charge in [-0.2, -0.15) is 13.2 Å². The number of hydrogen-bond donors (Lipinski definition) is 1. The van der Waals surface area contributed by atoms with Crippen LogP contribution in [0, 0.1) is 0 Å². The fourth-order valence-corrected chi connectivity index (χ4v) is 3.05. The van der Waals surface area contributed by atoms with Crippen LogP contribution < -0.4 is 5.73 Å². The van der Waals surface area contributed by atoms with E-state index in [1.165, 1.54) is 0 Å². The fourth-order valence-electron chi connectivity index (χ4n) is 3.05. The van der Waals surface area contributed by atoms with Crippen molar-refractivity contribution in [3.8, 4) is 0 Å². The monoisotopic (exact) mass is 425 g/mol. The number of rotatable bonds is 4. The summed E-state index contributed by atoms with van der Waals surface area (Å²) in [7, 11) is 0. The molecule has 0 atom stereocenters. The highest BCUT2D eigenvalue weighted by atomic mass is 19.4. The Morgan fingerprint density at radius 1 is 1.23 bits per heavy atom. The predicted molar refractivity (Wildman–Crippen MR) is 108 cm³/mol. The molecule has 1 amide bonds. The van der Waals surface area contributed by atoms with Gasteiger partial charge in [-0.05, 0) is 63.3 Å². The number of nitrogens with two attached hydrogens (primary N) is 1. The minimum Gasteiger partial charge on any atom is -0.444 e. The third kappa shape index (κ3) is 6.89. The van der Waals surface area contributed by atoms with Gasteiger partial charge in [-0.25, -0.2) is 9.79 Å². The summed E-state index contributed by atoms with van der Waals surface area (Å²) in [6.45, 7) is 6.52. The second-order valence-electron chi connectivity index (χ2n) is 8.09. The third-order valence-corrected chi connectivity index (χ3v) is 4.50. The first-order valence-electron chi connectivity index (χ1n) is 9.55. The van der Waals surface area contributed by atoms with E-state index in [0.717, 1.165) is 5.56 Å². The topological polar surface area (TPSA) is 85.0 Å². The Bertz CT molecular complexity index is 834. The summed E-state index contributed by atoms with van der Waals surface area (Å²) < 4.78 is 43.1. The summed E-state index contributed by atoms with van der Waals surface area (Å²) in [6, 6.07) is 6.95. The Kier molecular flexibility index (Phi) is 7.28. The molecule has 0 radical (unpaired) electrons. The zero-order valence-electron chi connectivity index (χ0n) is 17.2. The van der Waals surface area contributed by atoms with Crippen molar-refractivity contribution in [2.45, 2.75) is 51.3 Å². The standard InChI is InChI=1S/C21H26F3N3O3/c1-20(2,3)30-19(29)27-9-7-14(8-10-27)15-5-4-6-16(11-15)26-17(13-28)12-18(25)21(22,23)24/h4-6,11-14H,7-10,25H2,1-3H3/b18-12-,26-17?. The molecule has 1 saturated heterocycles. The smallest absolute Gasteiger partial charge is 0.430 e. The molecule has 1 aliphatic rings. The maximum absolute atomic E-state index is 12.6. The van der Waals surface area contributed by atoms with Crippen molar-refractivity contribution in [2.75, 3.05) is 13.1 Å². The average molecular weight is 425 g/mol. The van der Waals surface area contributed by atoms with Crippen LogP contribution in [0.1, 0.15) is 45.1 Å². The lowest BCUT2D eigenvalue weighted by Crippen LogP contribution is -2.41. The lowest BCUT2D eigenvalue weighted by Gasteiger charge is -2.33. The minimum absolute atomic E-state index is 0.161. The van der Waals surface area contributed by atoms with Crippen LogP contribution in [-0.2, 0) is 9.53 Å². The van der Waals surface area contributed by atoms with E-state index in [1.807, 2.05) is 26.8 Å². The quantitative estimate of drug-likeness (QED) is 0.569. The van der Waals surface area contributed by atoms with Crippen molar-refractivity contribution in [2.24, 2.45) is 10.7 Å². The maximum Gasteiger partial charge on any atom is 0.430 e. The van der Waals surface area contributed by atoms with Gasteiger partial charge in [0.05, 0.1) is 5.69 Å². The van der Waals surface area contributed by atoms with Crippen molar-refractivity contribution in [1.29, 1.82) is 0 Å². The van der Waals surface area contributed by atoms with E-state index in [-0.39, 0.29) is 18.3 Å². The molecule has 0 unspecified atom stereocenters. The number of carbonyl (C=O) groups excluding carboxylic acids is 2. The average Bonchev–Trinajstić information content (AvgIpc) is 2.65. The molecule has 6 nitrogen and oxygen atoms in total. The predicted octanol–water partition coefficient (Wildman–Crippen LogP) is 4.48. The zero-order valence-corrected chi connectivity index (χ0v) is 17.2. The Balaban J connectivity index is 2.09. The molecular weight excluding hydrogens is 399 g/mol. The van der Waals surface area contributed by atoms with Gasteiger partial charge in [0.1, 0.15) is 17.0 Å². The first kappa shape index (κ1) is 23.4. The third-order valence-electron chi connectivity index (χ3n) is 4.50. The number of aliphatic imine (C=N–C) groups is 1. The highest BCUT2D eigenvalue weighted by Crippen LogP contribution is 2.31. The normalized spacial score (nSPS) is 17.1. The summed E-state index contributed by atoms with van der Waals surface area (Å²) in [5.41, 5.74) is 3.90. The molecule has 1 aromatic rings. The van der Waals surface area contributed by atoms with Crippen LogP contribution >= 0.6 is 0 Å². The van der Waals surface area contributed by atoms with Gasteiger partial charge in [0, 0.05) is 13.1 Å². The molecule has 1 aromatic carbocycles. The van der Waals surface area contributed by atoms with E-state index in [0.29, 0.717) is 37.7 Å². The van der Waals surface area contributed by atoms with Crippen molar-refractivity contribution in [1.82, 2.24) is 4.90 Å². The SMILES string of the molecule is CC(C)(C)OC(=O)N1CCC(c2cccc(N=C(C=O)/C=C(\N)C(F)(F)F)c2)CC1. The minimum atomic E-state index is -4.73. The molecule has 164 valence electrons. The Morgan fingerprint density at radius 3 is 2.40 bits per heavy atom. The number of allylic oxidation sites excluding steroid dienone is 2. The number of piperidine rings is 1. The van der Waals surface area contributed by atoms with Crippen molar-refractivity contribution >= 4 is 23.8 Å². The fraction of sp³-hybridized carbons (Fsp3) is 0.476. The molecule has 0 spiro atoms. The number of aldehydes is 1. The highest BCUT2D eigenvalue weighted by molar-refractivity contribution is 6.34. The Labute approximate surface area is 173 Å². The Morgan fingerprint density at radius 2 is 1.87 bits per heavy atom. The largest absolute Gasteiger partial charge is 0.444 e. The number of halogens is 3. The van der Waals surface area contributed by atoms with Crippen LogP contribution in [0.15, 0.2) is 41.0 Å². The number of carbonyl (C=O) groups is 2.